The van der Waals surface area contributed by atoms with Crippen LogP contribution in [-0.2, 0) is 0 Å². The van der Waals surface area contributed by atoms with Crippen molar-refractivity contribution >= 4 is 11.5 Å². The second kappa shape index (κ2) is 5.84. The number of nitrogens with zero attached hydrogens (tertiary/aromatic N) is 6. The Bertz CT molecular complexity index is 1170. The van der Waals surface area contributed by atoms with Gasteiger partial charge in [-0.25, -0.2) is 23.5 Å². The lowest BCUT2D eigenvalue weighted by Gasteiger charge is -2.15. The fraction of sp³-hybridized carbons (Fsp3) is 0. The third-order valence-corrected chi connectivity index (χ3v) is 3.94. The Morgan fingerprint density at radius 3 is 2.50 bits per heavy atom. The van der Waals surface area contributed by atoms with Gasteiger partial charge in [0.2, 0.25) is 5.49 Å². The van der Waals surface area contributed by atoms with Gasteiger partial charge in [-0.2, -0.15) is 10.2 Å². The summed E-state index contributed by atoms with van der Waals surface area (Å²) in [6.07, 6.45) is 3.19. The molecule has 0 aliphatic heterocycles. The number of nitrogen functional groups attached to an aromatic ring is 2. The van der Waals surface area contributed by atoms with Gasteiger partial charge in [-0.15, -0.1) is 0 Å². The first kappa shape index (κ1) is 15.6. The van der Waals surface area contributed by atoms with Crippen molar-refractivity contribution in [3.63, 3.8) is 0 Å². The van der Waals surface area contributed by atoms with Crippen LogP contribution < -0.4 is 22.9 Å². The normalized spacial score (nSPS) is 12.0. The minimum Gasteiger partial charge on any atom is -0.380 e. The zero-order chi connectivity index (χ0) is 18.3. The van der Waals surface area contributed by atoms with Gasteiger partial charge in [-0.05, 0) is 36.4 Å². The molecule has 0 aliphatic rings. The molecule has 10 heteroatoms. The molecule has 0 atom stereocenters. The maximum absolute atomic E-state index is 13.3. The summed E-state index contributed by atoms with van der Waals surface area (Å²) in [5, 5.41) is 7.73. The van der Waals surface area contributed by atoms with Crippen molar-refractivity contribution < 1.29 is 4.39 Å². The number of nitrogens with two attached hydrogens (primary N) is 3. The molecule has 0 saturated heterocycles. The van der Waals surface area contributed by atoms with Gasteiger partial charge in [-0.1, -0.05) is 0 Å². The first-order valence-corrected chi connectivity index (χ1v) is 7.55. The van der Waals surface area contributed by atoms with Crippen molar-refractivity contribution in [3.05, 3.63) is 60.2 Å². The molecule has 0 saturated carbocycles. The summed E-state index contributed by atoms with van der Waals surface area (Å²) in [7, 11) is 0. The third kappa shape index (κ3) is 2.40. The quantitative estimate of drug-likeness (QED) is 0.354. The van der Waals surface area contributed by atoms with Crippen LogP contribution in [0.4, 0.5) is 10.2 Å². The van der Waals surface area contributed by atoms with E-state index in [1.807, 2.05) is 6.07 Å². The minimum atomic E-state index is -0.360. The fourth-order valence-electron chi connectivity index (χ4n) is 2.74. The Morgan fingerprint density at radius 2 is 1.77 bits per heavy atom. The second-order valence-electron chi connectivity index (χ2n) is 5.50. The van der Waals surface area contributed by atoms with E-state index in [4.69, 9.17) is 17.4 Å². The number of anilines is 1. The molecule has 3 heterocycles. The first-order valence-electron chi connectivity index (χ1n) is 7.55. The fourth-order valence-corrected chi connectivity index (χ4v) is 2.74. The number of benzene rings is 1. The molecule has 6 N–H and O–H groups in total. The number of hydrogen-bond acceptors (Lipinski definition) is 7. The van der Waals surface area contributed by atoms with Crippen LogP contribution in [0, 0.1) is 5.82 Å². The molecule has 0 radical (unpaired) electrons. The molecule has 0 bridgehead atoms. The lowest BCUT2D eigenvalue weighted by molar-refractivity contribution is 0.628. The van der Waals surface area contributed by atoms with Crippen LogP contribution in [0.25, 0.3) is 28.2 Å². The summed E-state index contributed by atoms with van der Waals surface area (Å²) < 4.78 is 16.2. The average Bonchev–Trinajstić information content (AvgIpc) is 3.10. The van der Waals surface area contributed by atoms with Crippen LogP contribution in [0.1, 0.15) is 0 Å². The standard InChI is InChI=1S/C16H14FN9/c17-11-4-1-9(2-5-11)13-14(26(20)16(24-19)15(18)23-13)10-3-6-12-21-8-22-25(12)7-10/h1-8H,19-20H2,(H2,18,23)/b24-16-. The zero-order valence-electron chi connectivity index (χ0n) is 13.4. The van der Waals surface area contributed by atoms with Crippen LogP contribution in [0.3, 0.4) is 0 Å². The molecule has 0 amide bonds. The minimum absolute atomic E-state index is 0.0555. The van der Waals surface area contributed by atoms with Gasteiger partial charge in [0.1, 0.15) is 12.1 Å². The lowest BCUT2D eigenvalue weighted by Crippen LogP contribution is -2.34. The summed E-state index contributed by atoms with van der Waals surface area (Å²) in [6.45, 7) is 0. The van der Waals surface area contributed by atoms with Crippen molar-refractivity contribution in [1.29, 1.82) is 0 Å². The summed E-state index contributed by atoms with van der Waals surface area (Å²) in [6, 6.07) is 9.45. The maximum Gasteiger partial charge on any atom is 0.213 e. The molecule has 3 aromatic heterocycles. The smallest absolute Gasteiger partial charge is 0.213 e. The maximum atomic E-state index is 13.3. The summed E-state index contributed by atoms with van der Waals surface area (Å²) in [5.74, 6) is 11.3. The first-order chi connectivity index (χ1) is 12.6. The number of aromatic nitrogens is 5. The van der Waals surface area contributed by atoms with E-state index in [0.29, 0.717) is 28.2 Å². The highest BCUT2D eigenvalue weighted by Crippen LogP contribution is 2.29. The van der Waals surface area contributed by atoms with Gasteiger partial charge < -0.3 is 17.4 Å². The van der Waals surface area contributed by atoms with Crippen LogP contribution in [0.2, 0.25) is 0 Å². The molecule has 0 aliphatic carbocycles. The molecular weight excluding hydrogens is 337 g/mol. The number of fused-ring (bicyclic) bond motifs is 1. The van der Waals surface area contributed by atoms with Crippen molar-refractivity contribution in [2.45, 2.75) is 0 Å². The highest BCUT2D eigenvalue weighted by molar-refractivity contribution is 5.79. The van der Waals surface area contributed by atoms with E-state index < -0.39 is 0 Å². The van der Waals surface area contributed by atoms with E-state index >= 15 is 0 Å². The number of hydrogen-bond donors (Lipinski definition) is 3. The van der Waals surface area contributed by atoms with Crippen LogP contribution in [0.15, 0.2) is 54.0 Å². The van der Waals surface area contributed by atoms with Gasteiger partial charge in [0.15, 0.2) is 11.5 Å². The Kier molecular flexibility index (Phi) is 3.50. The molecular formula is C16H14FN9. The topological polar surface area (TPSA) is 138 Å². The highest BCUT2D eigenvalue weighted by Gasteiger charge is 2.17. The van der Waals surface area contributed by atoms with Gasteiger partial charge in [0.25, 0.3) is 0 Å². The average molecular weight is 351 g/mol. The molecule has 0 fully saturated rings. The van der Waals surface area contributed by atoms with Gasteiger partial charge >= 0.3 is 0 Å². The molecule has 4 aromatic rings. The third-order valence-electron chi connectivity index (χ3n) is 3.94. The van der Waals surface area contributed by atoms with Crippen molar-refractivity contribution in [2.75, 3.05) is 11.6 Å². The zero-order valence-corrected chi connectivity index (χ0v) is 13.4. The molecule has 0 spiro atoms. The van der Waals surface area contributed by atoms with Crippen molar-refractivity contribution in [1.82, 2.24) is 24.3 Å². The van der Waals surface area contributed by atoms with E-state index in [2.05, 4.69) is 20.2 Å². The highest BCUT2D eigenvalue weighted by atomic mass is 19.1. The van der Waals surface area contributed by atoms with Gasteiger partial charge in [0.05, 0.1) is 11.4 Å². The number of pyridine rings is 1. The van der Waals surface area contributed by atoms with E-state index in [0.717, 1.165) is 0 Å². The molecule has 130 valence electrons. The lowest BCUT2D eigenvalue weighted by atomic mass is 10.1. The largest absolute Gasteiger partial charge is 0.380 e. The molecule has 1 aromatic carbocycles. The number of rotatable bonds is 2. The Morgan fingerprint density at radius 1 is 1.04 bits per heavy atom. The Hall–Kier alpha value is -3.95. The predicted octanol–water partition coefficient (Wildman–Crippen LogP) is 0.469. The Labute approximate surface area is 146 Å². The van der Waals surface area contributed by atoms with Crippen LogP contribution >= 0.6 is 0 Å². The van der Waals surface area contributed by atoms with E-state index in [1.165, 1.54) is 23.1 Å². The van der Waals surface area contributed by atoms with Gasteiger partial charge in [-0.3, -0.25) is 0 Å². The van der Waals surface area contributed by atoms with E-state index in [-0.39, 0.29) is 17.1 Å². The molecule has 0 unspecified atom stereocenters. The van der Waals surface area contributed by atoms with Crippen molar-refractivity contribution in [3.8, 4) is 22.5 Å². The summed E-state index contributed by atoms with van der Waals surface area (Å²) in [4.78, 5) is 8.50. The molecule has 9 nitrogen and oxygen atoms in total. The summed E-state index contributed by atoms with van der Waals surface area (Å²) >= 11 is 0. The van der Waals surface area contributed by atoms with Crippen molar-refractivity contribution in [2.24, 2.45) is 10.9 Å². The second-order valence-corrected chi connectivity index (χ2v) is 5.50. The summed E-state index contributed by atoms with van der Waals surface area (Å²) in [5.41, 5.74) is 8.99. The molecule has 4 rings (SSSR count). The van der Waals surface area contributed by atoms with Crippen LogP contribution in [0.5, 0.6) is 0 Å². The van der Waals surface area contributed by atoms with Crippen LogP contribution in [-0.4, -0.2) is 24.3 Å². The monoisotopic (exact) mass is 351 g/mol. The Balaban J connectivity index is 2.06. The van der Waals surface area contributed by atoms with Gasteiger partial charge in [0, 0.05) is 17.3 Å². The van der Waals surface area contributed by atoms with E-state index in [9.17, 15) is 4.39 Å². The molecule has 26 heavy (non-hydrogen) atoms. The van der Waals surface area contributed by atoms with E-state index in [1.54, 1.807) is 28.9 Å². The number of halogens is 1. The predicted molar refractivity (Wildman–Crippen MR) is 93.9 cm³/mol. The SMILES string of the molecule is N/N=c1/c(N)nc(-c2ccc(F)cc2)c(-c2ccc3ncnn3c2)n1N.